The zero-order valence-electron chi connectivity index (χ0n) is 16.2. The van der Waals surface area contributed by atoms with Crippen molar-refractivity contribution in [3.8, 4) is 11.5 Å². The average molecular weight is 405 g/mol. The van der Waals surface area contributed by atoms with Gasteiger partial charge >= 0.3 is 0 Å². The summed E-state index contributed by atoms with van der Waals surface area (Å²) in [7, 11) is 3.16. The van der Waals surface area contributed by atoms with Gasteiger partial charge in [0.25, 0.3) is 0 Å². The number of nitrogens with zero attached hydrogens (tertiary/aromatic N) is 4. The monoisotopic (exact) mass is 404 g/mol. The summed E-state index contributed by atoms with van der Waals surface area (Å²) in [5.74, 6) is 2.95. The van der Waals surface area contributed by atoms with Gasteiger partial charge in [-0.3, -0.25) is 0 Å². The van der Waals surface area contributed by atoms with Crippen molar-refractivity contribution in [1.82, 2.24) is 10.2 Å². The van der Waals surface area contributed by atoms with E-state index in [2.05, 4.69) is 20.3 Å². The molecule has 0 unspecified atom stereocenters. The zero-order valence-corrected chi connectivity index (χ0v) is 16.9. The number of aromatic nitrogens is 2. The second kappa shape index (κ2) is 10.1. The maximum atomic E-state index is 6.00. The summed E-state index contributed by atoms with van der Waals surface area (Å²) in [6.07, 6.45) is 4.85. The van der Waals surface area contributed by atoms with Crippen molar-refractivity contribution in [2.75, 3.05) is 38.8 Å². The largest absolute Gasteiger partial charge is 0.493 e. The first kappa shape index (κ1) is 20.2. The molecule has 0 radical (unpaired) electrons. The van der Waals surface area contributed by atoms with Gasteiger partial charge in [-0.05, 0) is 55.5 Å². The number of ether oxygens (including phenoxy) is 2. The molecular formula is C20H25ClN4O3. The van der Waals surface area contributed by atoms with Gasteiger partial charge in [0.15, 0.2) is 22.5 Å². The molecular weight excluding hydrogens is 380 g/mol. The molecule has 8 heteroatoms. The fraction of sp³-hybridized carbons (Fsp3) is 0.450. The van der Waals surface area contributed by atoms with Crippen LogP contribution in [0.25, 0.3) is 0 Å². The lowest BCUT2D eigenvalue weighted by atomic mass is 9.94. The first-order valence-corrected chi connectivity index (χ1v) is 9.69. The normalized spacial score (nSPS) is 15.0. The van der Waals surface area contributed by atoms with E-state index < -0.39 is 0 Å². The van der Waals surface area contributed by atoms with E-state index in [1.54, 1.807) is 19.4 Å². The summed E-state index contributed by atoms with van der Waals surface area (Å²) in [5.41, 5.74) is 0.898. The van der Waals surface area contributed by atoms with E-state index in [9.17, 15) is 0 Å². The van der Waals surface area contributed by atoms with Crippen molar-refractivity contribution in [3.63, 3.8) is 0 Å². The van der Waals surface area contributed by atoms with Gasteiger partial charge in [0, 0.05) is 18.7 Å². The molecule has 1 aromatic heterocycles. The molecule has 3 rings (SSSR count). The zero-order chi connectivity index (χ0) is 19.8. The van der Waals surface area contributed by atoms with E-state index >= 15 is 0 Å². The molecule has 0 saturated carbocycles. The molecule has 0 atom stereocenters. The highest BCUT2D eigenvalue weighted by atomic mass is 35.5. The lowest BCUT2D eigenvalue weighted by Gasteiger charge is -2.32. The minimum absolute atomic E-state index is 0.420. The maximum absolute atomic E-state index is 6.00. The predicted octanol–water partition coefficient (Wildman–Crippen LogP) is 3.80. The van der Waals surface area contributed by atoms with E-state index in [-0.39, 0.29) is 0 Å². The van der Waals surface area contributed by atoms with Crippen LogP contribution in [0.4, 0.5) is 5.82 Å². The van der Waals surface area contributed by atoms with Gasteiger partial charge in [-0.15, -0.1) is 10.2 Å². The lowest BCUT2D eigenvalue weighted by molar-refractivity contribution is 0.215. The number of hydrogen-bond donors (Lipinski definition) is 0. The lowest BCUT2D eigenvalue weighted by Crippen LogP contribution is -2.34. The SMILES string of the molecule is CON=Cc1ccc(OC)c(OCCC2CCN(c3ccc(Cl)nn3)CC2)c1. The van der Waals surface area contributed by atoms with Crippen LogP contribution in [0.5, 0.6) is 11.5 Å². The van der Waals surface area contributed by atoms with Crippen LogP contribution in [-0.2, 0) is 4.84 Å². The highest BCUT2D eigenvalue weighted by Gasteiger charge is 2.20. The van der Waals surface area contributed by atoms with E-state index in [4.69, 9.17) is 25.9 Å². The summed E-state index contributed by atoms with van der Waals surface area (Å²) < 4.78 is 11.4. The quantitative estimate of drug-likeness (QED) is 0.492. The molecule has 1 saturated heterocycles. The Kier molecular flexibility index (Phi) is 7.31. The standard InChI is InChI=1S/C20H25ClN4O3/c1-26-17-4-3-16(14-22-27-2)13-18(17)28-12-9-15-7-10-25(11-8-15)20-6-5-19(21)23-24-20/h3-6,13-15H,7-12H2,1-2H3. The molecule has 2 aromatic rings. The van der Waals surface area contributed by atoms with Crippen LogP contribution in [0.2, 0.25) is 5.15 Å². The Morgan fingerprint density at radius 3 is 2.64 bits per heavy atom. The number of oxime groups is 1. The Balaban J connectivity index is 1.48. The number of piperidine rings is 1. The van der Waals surface area contributed by atoms with Gasteiger partial charge in [0.2, 0.25) is 0 Å². The summed E-state index contributed by atoms with van der Waals surface area (Å²) in [5, 5.41) is 12.3. The summed E-state index contributed by atoms with van der Waals surface area (Å²) in [6, 6.07) is 9.39. The third-order valence-electron chi connectivity index (χ3n) is 4.83. The number of rotatable bonds is 8. The molecule has 1 aliphatic rings. The number of benzene rings is 1. The number of anilines is 1. The van der Waals surface area contributed by atoms with E-state index in [0.717, 1.165) is 49.5 Å². The minimum Gasteiger partial charge on any atom is -0.493 e. The van der Waals surface area contributed by atoms with Crippen LogP contribution in [0.1, 0.15) is 24.8 Å². The molecule has 0 N–H and O–H groups in total. The van der Waals surface area contributed by atoms with Gasteiger partial charge < -0.3 is 19.2 Å². The molecule has 1 aromatic carbocycles. The fourth-order valence-electron chi connectivity index (χ4n) is 3.26. The second-order valence-electron chi connectivity index (χ2n) is 6.61. The van der Waals surface area contributed by atoms with Crippen molar-refractivity contribution >= 4 is 23.6 Å². The molecule has 7 nitrogen and oxygen atoms in total. The highest BCUT2D eigenvalue weighted by molar-refractivity contribution is 6.29. The Labute approximate surface area is 170 Å². The van der Waals surface area contributed by atoms with Crippen molar-refractivity contribution in [3.05, 3.63) is 41.0 Å². The second-order valence-corrected chi connectivity index (χ2v) is 7.00. The first-order valence-electron chi connectivity index (χ1n) is 9.31. The van der Waals surface area contributed by atoms with Gasteiger partial charge in [0.05, 0.1) is 19.9 Å². The van der Waals surface area contributed by atoms with E-state index in [0.29, 0.717) is 23.4 Å². The van der Waals surface area contributed by atoms with Crippen molar-refractivity contribution < 1.29 is 14.3 Å². The molecule has 0 bridgehead atoms. The van der Waals surface area contributed by atoms with Crippen LogP contribution < -0.4 is 14.4 Å². The van der Waals surface area contributed by atoms with Crippen LogP contribution in [0.15, 0.2) is 35.5 Å². The fourth-order valence-corrected chi connectivity index (χ4v) is 3.36. The molecule has 0 aliphatic carbocycles. The van der Waals surface area contributed by atoms with Crippen molar-refractivity contribution in [2.45, 2.75) is 19.3 Å². The Bertz CT molecular complexity index is 778. The Hall–Kier alpha value is -2.54. The maximum Gasteiger partial charge on any atom is 0.161 e. The highest BCUT2D eigenvalue weighted by Crippen LogP contribution is 2.29. The van der Waals surface area contributed by atoms with Gasteiger partial charge in [-0.1, -0.05) is 16.8 Å². The smallest absolute Gasteiger partial charge is 0.161 e. The minimum atomic E-state index is 0.420. The molecule has 0 amide bonds. The van der Waals surface area contributed by atoms with Crippen LogP contribution in [-0.4, -0.2) is 50.3 Å². The summed E-state index contributed by atoms with van der Waals surface area (Å²) in [6.45, 7) is 2.58. The molecule has 1 aliphatic heterocycles. The van der Waals surface area contributed by atoms with Crippen LogP contribution in [0, 0.1) is 5.92 Å². The number of methoxy groups -OCH3 is 1. The number of hydrogen-bond acceptors (Lipinski definition) is 7. The van der Waals surface area contributed by atoms with Crippen molar-refractivity contribution in [2.24, 2.45) is 11.1 Å². The van der Waals surface area contributed by atoms with Crippen molar-refractivity contribution in [1.29, 1.82) is 0 Å². The summed E-state index contributed by atoms with van der Waals surface area (Å²) >= 11 is 5.81. The molecule has 150 valence electrons. The van der Waals surface area contributed by atoms with Gasteiger partial charge in [-0.2, -0.15) is 0 Å². The Morgan fingerprint density at radius 1 is 1.14 bits per heavy atom. The Morgan fingerprint density at radius 2 is 1.96 bits per heavy atom. The predicted molar refractivity (Wildman–Crippen MR) is 110 cm³/mol. The van der Waals surface area contributed by atoms with E-state index in [1.165, 1.54) is 7.11 Å². The van der Waals surface area contributed by atoms with Crippen LogP contribution in [0.3, 0.4) is 0 Å². The first-order chi connectivity index (χ1) is 13.7. The third-order valence-corrected chi connectivity index (χ3v) is 5.04. The third kappa shape index (κ3) is 5.48. The van der Waals surface area contributed by atoms with Gasteiger partial charge in [-0.25, -0.2) is 0 Å². The summed E-state index contributed by atoms with van der Waals surface area (Å²) in [4.78, 5) is 6.98. The average Bonchev–Trinajstić information content (AvgIpc) is 2.73. The van der Waals surface area contributed by atoms with E-state index in [1.807, 2.05) is 24.3 Å². The molecule has 28 heavy (non-hydrogen) atoms. The number of halogens is 1. The van der Waals surface area contributed by atoms with Gasteiger partial charge in [0.1, 0.15) is 7.11 Å². The molecule has 0 spiro atoms. The topological polar surface area (TPSA) is 69.1 Å². The van der Waals surface area contributed by atoms with Crippen LogP contribution >= 0.6 is 11.6 Å². The molecule has 1 fully saturated rings. The molecule has 2 heterocycles.